The number of likely N-dealkylation sites (N-methyl/N-ethyl adjacent to an activating group) is 2. The van der Waals surface area contributed by atoms with Gasteiger partial charge in [-0.25, -0.2) is 4.79 Å². The van der Waals surface area contributed by atoms with Crippen molar-refractivity contribution in [2.75, 3.05) is 60.2 Å². The number of carboxylic acids is 1. The molecule has 6 rings (SSSR count). The largest absolute Gasteiger partial charge is 0.492 e. The summed E-state index contributed by atoms with van der Waals surface area (Å²) in [6.07, 6.45) is 1.72. The molecule has 0 bridgehead atoms. The van der Waals surface area contributed by atoms with Crippen molar-refractivity contribution >= 4 is 52.1 Å². The molecule has 0 aromatic heterocycles. The smallest absolute Gasteiger partial charge is 0.336 e. The zero-order valence-corrected chi connectivity index (χ0v) is 46.6. The molecule has 0 aliphatic rings. The summed E-state index contributed by atoms with van der Waals surface area (Å²) in [6.45, 7) is 19.2. The molecular weight excluding hydrogens is 946 g/mol. The molecule has 0 unspecified atom stereocenters. The minimum Gasteiger partial charge on any atom is -0.492 e. The number of hydrogen-bond acceptors (Lipinski definition) is 9. The van der Waals surface area contributed by atoms with Crippen LogP contribution in [0.1, 0.15) is 96.0 Å². The molecule has 396 valence electrons. The number of carbonyl (C=O) groups is 2. The Morgan fingerprint density at radius 3 is 1.19 bits per heavy atom. The molecule has 0 saturated heterocycles. The average Bonchev–Trinajstić information content (AvgIpc) is 3.34. The van der Waals surface area contributed by atoms with Crippen molar-refractivity contribution in [3.63, 3.8) is 0 Å². The van der Waals surface area contributed by atoms with E-state index in [-0.39, 0.29) is 29.4 Å². The van der Waals surface area contributed by atoms with Gasteiger partial charge in [-0.1, -0.05) is 111 Å². The summed E-state index contributed by atoms with van der Waals surface area (Å²) in [5, 5.41) is 9.76. The van der Waals surface area contributed by atoms with E-state index in [9.17, 15) is 14.7 Å². The van der Waals surface area contributed by atoms with E-state index in [0.717, 1.165) is 87.2 Å². The summed E-state index contributed by atoms with van der Waals surface area (Å²) < 4.78 is 23.1. The second-order valence-electron chi connectivity index (χ2n) is 20.0. The first-order valence-corrected chi connectivity index (χ1v) is 25.1. The van der Waals surface area contributed by atoms with E-state index in [1.165, 1.54) is 0 Å². The van der Waals surface area contributed by atoms with Gasteiger partial charge in [0.15, 0.2) is 5.78 Å². The molecule has 0 radical (unpaired) electrons. The van der Waals surface area contributed by atoms with Gasteiger partial charge >= 0.3 is 5.97 Å². The molecule has 0 aliphatic heterocycles. The van der Waals surface area contributed by atoms with Crippen molar-refractivity contribution in [1.29, 1.82) is 0 Å². The van der Waals surface area contributed by atoms with Crippen molar-refractivity contribution < 1.29 is 33.6 Å². The quantitative estimate of drug-likeness (QED) is 0.0434. The SMILES string of the molecule is CCC(=C(C(=O)Cc1ccc(OCCN(C)C)cc1)c1ccc(OC(C)(C)C)cc1)c1ccccc1.CCC(=C(C(=O)O)c1ccc(OC(C)(C)C)cc1)c1ccccc1.CN(C)CCOc1ccc(N)cc1.Cl. The van der Waals surface area contributed by atoms with E-state index in [2.05, 4.69) is 28.9 Å². The molecule has 10 nitrogen and oxygen atoms in total. The topological polar surface area (TPSA) is 124 Å². The molecule has 0 aliphatic carbocycles. The molecule has 6 aromatic rings. The number of nitrogens with zero attached hydrogens (tertiary/aromatic N) is 2. The van der Waals surface area contributed by atoms with Gasteiger partial charge in [0.05, 0.1) is 5.57 Å². The number of nitrogens with two attached hydrogens (primary N) is 1. The zero-order valence-electron chi connectivity index (χ0n) is 45.7. The van der Waals surface area contributed by atoms with Gasteiger partial charge in [0.25, 0.3) is 0 Å². The third-order valence-electron chi connectivity index (χ3n) is 11.0. The number of halogens is 1. The zero-order chi connectivity index (χ0) is 53.6. The molecule has 6 aromatic carbocycles. The number of hydrogen-bond donors (Lipinski definition) is 2. The molecule has 0 fully saturated rings. The molecule has 0 heterocycles. The Kier molecular flexibility index (Phi) is 25.2. The van der Waals surface area contributed by atoms with Crippen LogP contribution in [0.5, 0.6) is 23.0 Å². The Labute approximate surface area is 448 Å². The second kappa shape index (κ2) is 30.4. The maximum Gasteiger partial charge on any atom is 0.336 e. The Morgan fingerprint density at radius 1 is 0.486 bits per heavy atom. The van der Waals surface area contributed by atoms with Crippen LogP contribution in [0, 0.1) is 0 Å². The number of ether oxygens (including phenoxy) is 4. The maximum atomic E-state index is 13.8. The van der Waals surface area contributed by atoms with Crippen LogP contribution >= 0.6 is 12.4 Å². The monoisotopic (exact) mass is 1030 g/mol. The molecule has 3 N–H and O–H groups in total. The van der Waals surface area contributed by atoms with Crippen LogP contribution in [-0.4, -0.2) is 92.4 Å². The molecule has 11 heteroatoms. The predicted octanol–water partition coefficient (Wildman–Crippen LogP) is 13.8. The van der Waals surface area contributed by atoms with Crippen molar-refractivity contribution in [3.05, 3.63) is 186 Å². The number of nitrogen functional groups attached to an aromatic ring is 1. The summed E-state index contributed by atoms with van der Waals surface area (Å²) in [7, 11) is 8.08. The van der Waals surface area contributed by atoms with Crippen LogP contribution in [0.3, 0.4) is 0 Å². The van der Waals surface area contributed by atoms with Gasteiger partial charge in [-0.05, 0) is 182 Å². The lowest BCUT2D eigenvalue weighted by atomic mass is 9.88. The number of carboxylic acid groups (broad SMARTS) is 1. The Bertz CT molecular complexity index is 2650. The van der Waals surface area contributed by atoms with Gasteiger partial charge in [0.2, 0.25) is 0 Å². The Balaban J connectivity index is 0.000000325. The van der Waals surface area contributed by atoms with E-state index < -0.39 is 5.97 Å². The summed E-state index contributed by atoms with van der Waals surface area (Å²) in [4.78, 5) is 29.9. The van der Waals surface area contributed by atoms with Crippen molar-refractivity contribution in [1.82, 2.24) is 9.80 Å². The third-order valence-corrected chi connectivity index (χ3v) is 11.0. The highest BCUT2D eigenvalue weighted by molar-refractivity contribution is 6.28. The maximum absolute atomic E-state index is 13.8. The fourth-order valence-electron chi connectivity index (χ4n) is 7.58. The molecule has 0 saturated carbocycles. The first-order chi connectivity index (χ1) is 34.7. The van der Waals surface area contributed by atoms with Crippen LogP contribution in [0.2, 0.25) is 0 Å². The molecule has 74 heavy (non-hydrogen) atoms. The van der Waals surface area contributed by atoms with Gasteiger partial charge < -0.3 is 39.6 Å². The molecule has 0 atom stereocenters. The van der Waals surface area contributed by atoms with Crippen LogP contribution in [-0.2, 0) is 16.0 Å². The first kappa shape index (κ1) is 61.4. The number of rotatable bonds is 20. The van der Waals surface area contributed by atoms with Crippen LogP contribution in [0.15, 0.2) is 158 Å². The predicted molar refractivity (Wildman–Crippen MR) is 310 cm³/mol. The minimum absolute atomic E-state index is 0. The molecule has 0 spiro atoms. The second-order valence-corrected chi connectivity index (χ2v) is 20.0. The fourth-order valence-corrected chi connectivity index (χ4v) is 7.58. The van der Waals surface area contributed by atoms with E-state index in [0.29, 0.717) is 37.2 Å². The summed E-state index contributed by atoms with van der Waals surface area (Å²) in [5.41, 5.74) is 13.3. The lowest BCUT2D eigenvalue weighted by Gasteiger charge is -2.21. The normalized spacial score (nSPS) is 11.9. The Morgan fingerprint density at radius 2 is 0.838 bits per heavy atom. The Hall–Kier alpha value is -6.85. The minimum atomic E-state index is -0.916. The highest BCUT2D eigenvalue weighted by atomic mass is 35.5. The van der Waals surface area contributed by atoms with Crippen LogP contribution in [0.4, 0.5) is 5.69 Å². The van der Waals surface area contributed by atoms with Gasteiger partial charge in [-0.15, -0.1) is 12.4 Å². The van der Waals surface area contributed by atoms with E-state index >= 15 is 0 Å². The number of benzene rings is 6. The van der Waals surface area contributed by atoms with Gasteiger partial charge in [0, 0.05) is 30.8 Å². The number of anilines is 1. The van der Waals surface area contributed by atoms with Gasteiger partial charge in [-0.2, -0.15) is 0 Å². The number of ketones is 1. The number of Topliss-reactive ketones (excluding diaryl/α,β-unsaturated/α-hetero) is 1. The number of carbonyl (C=O) groups excluding carboxylic acids is 1. The summed E-state index contributed by atoms with van der Waals surface area (Å²) in [6, 6.07) is 50.3. The van der Waals surface area contributed by atoms with E-state index in [4.69, 9.17) is 24.7 Å². The lowest BCUT2D eigenvalue weighted by molar-refractivity contribution is -0.130. The van der Waals surface area contributed by atoms with Crippen LogP contribution < -0.4 is 24.7 Å². The van der Waals surface area contributed by atoms with Crippen LogP contribution in [0.25, 0.3) is 22.3 Å². The van der Waals surface area contributed by atoms with Gasteiger partial charge in [0.1, 0.15) is 47.4 Å². The highest BCUT2D eigenvalue weighted by Gasteiger charge is 2.21. The van der Waals surface area contributed by atoms with E-state index in [1.54, 1.807) is 0 Å². The van der Waals surface area contributed by atoms with Crippen molar-refractivity contribution in [2.45, 2.75) is 85.9 Å². The average molecular weight is 1030 g/mol. The summed E-state index contributed by atoms with van der Waals surface area (Å²) >= 11 is 0. The molecular formula is C63H80ClN3O7. The van der Waals surface area contributed by atoms with Crippen molar-refractivity contribution in [3.8, 4) is 23.0 Å². The van der Waals surface area contributed by atoms with E-state index in [1.807, 2.05) is 222 Å². The first-order valence-electron chi connectivity index (χ1n) is 25.1. The molecule has 0 amide bonds. The van der Waals surface area contributed by atoms with Gasteiger partial charge in [-0.3, -0.25) is 4.79 Å². The fraction of sp³-hybridized carbons (Fsp3) is 0.333. The number of allylic oxidation sites excluding steroid dienone is 3. The van der Waals surface area contributed by atoms with Crippen molar-refractivity contribution in [2.24, 2.45) is 0 Å². The highest BCUT2D eigenvalue weighted by Crippen LogP contribution is 2.34. The summed E-state index contributed by atoms with van der Waals surface area (Å²) in [5.74, 6) is 2.39. The number of aliphatic carboxylic acids is 1. The third kappa shape index (κ3) is 21.7. The lowest BCUT2D eigenvalue weighted by Crippen LogP contribution is -2.22. The standard InChI is InChI=1S/C32H39NO3.C21H24O3.C10H16N2O.ClH/c1-7-29(25-11-9-8-10-12-25)31(26-15-19-28(20-16-26)36-32(2,3)4)30(34)23-24-13-17-27(18-14-24)35-22-21-33(5)6;1-5-18(15-9-7-6-8-10-15)19(20(22)23)16-11-13-17(14-12-16)24-21(2,3)4;1-12(2)7-8-13-10-5-3-9(11)4-6-10;/h8-20H,7,21-23H2,1-6H3;6-14H,5H2,1-4H3,(H,22,23);3-6H,7-8,11H2,1-2H3;1H.